The van der Waals surface area contributed by atoms with E-state index < -0.39 is 5.97 Å². The summed E-state index contributed by atoms with van der Waals surface area (Å²) in [5, 5.41) is 10.2. The number of nitrogens with zero attached hydrogens (tertiary/aromatic N) is 1. The molecule has 0 aliphatic heterocycles. The van der Waals surface area contributed by atoms with Crippen LogP contribution in [0.4, 0.5) is 0 Å². The van der Waals surface area contributed by atoms with Crippen LogP contribution in [0.5, 0.6) is 0 Å². The summed E-state index contributed by atoms with van der Waals surface area (Å²) in [6.45, 7) is 8.96. The first-order valence-corrected chi connectivity index (χ1v) is 6.71. The van der Waals surface area contributed by atoms with Gasteiger partial charge in [-0.15, -0.1) is 0 Å². The van der Waals surface area contributed by atoms with E-state index in [-0.39, 0.29) is 11.3 Å². The zero-order valence-electron chi connectivity index (χ0n) is 12.5. The van der Waals surface area contributed by atoms with Crippen molar-refractivity contribution >= 4 is 27.6 Å². The highest BCUT2D eigenvalue weighted by Crippen LogP contribution is 2.18. The van der Waals surface area contributed by atoms with Crippen molar-refractivity contribution in [2.24, 2.45) is 4.99 Å². The molecule has 0 spiro atoms. The number of hydrogen-bond donors (Lipinski definition) is 1. The zero-order valence-corrected chi connectivity index (χ0v) is 14.0. The van der Waals surface area contributed by atoms with Gasteiger partial charge in [0.25, 0.3) is 0 Å². The van der Waals surface area contributed by atoms with Crippen LogP contribution >= 0.6 is 15.9 Å². The monoisotopic (exact) mass is 341 g/mol. The maximum atomic E-state index is 11.7. The Labute approximate surface area is 128 Å². The molecule has 0 aliphatic rings. The number of carbonyl (C=O) groups excluding carboxylic acids is 1. The van der Waals surface area contributed by atoms with Gasteiger partial charge < -0.3 is 9.84 Å². The number of allylic oxidation sites excluding steroid dienone is 5. The second-order valence-electron chi connectivity index (χ2n) is 4.17. The molecule has 0 radical (unpaired) electrons. The maximum absolute atomic E-state index is 11.7. The number of hydrogen-bond acceptors (Lipinski definition) is 4. The maximum Gasteiger partial charge on any atom is 0.343 e. The molecule has 0 rings (SSSR count). The Bertz CT molecular complexity index is 525. The molecule has 0 aromatic heterocycles. The molecule has 0 heterocycles. The van der Waals surface area contributed by atoms with Crippen molar-refractivity contribution in [3.63, 3.8) is 0 Å². The van der Waals surface area contributed by atoms with E-state index in [4.69, 9.17) is 0 Å². The van der Waals surface area contributed by atoms with Gasteiger partial charge in [0.15, 0.2) is 0 Å². The van der Waals surface area contributed by atoms with E-state index in [1.807, 2.05) is 6.92 Å². The van der Waals surface area contributed by atoms with Crippen LogP contribution in [-0.2, 0) is 9.53 Å². The fourth-order valence-corrected chi connectivity index (χ4v) is 1.38. The van der Waals surface area contributed by atoms with Crippen LogP contribution in [0.1, 0.15) is 20.8 Å². The molecule has 0 saturated heterocycles. The number of aliphatic hydroxyl groups excluding tert-OH is 1. The summed E-state index contributed by atoms with van der Waals surface area (Å²) in [5.74, 6) is -0.778. The Balaban J connectivity index is 5.75. The Morgan fingerprint density at radius 2 is 1.85 bits per heavy atom. The molecule has 0 unspecified atom stereocenters. The molecule has 0 fully saturated rings. The quantitative estimate of drug-likeness (QED) is 0.271. The minimum atomic E-state index is -0.624. The average Bonchev–Trinajstić information content (AvgIpc) is 2.43. The third-order valence-electron chi connectivity index (χ3n) is 2.58. The van der Waals surface area contributed by atoms with E-state index >= 15 is 0 Å². The average molecular weight is 342 g/mol. The van der Waals surface area contributed by atoms with Crippen molar-refractivity contribution in [2.45, 2.75) is 20.8 Å². The normalized spacial score (nSPS) is 14.8. The summed E-state index contributed by atoms with van der Waals surface area (Å²) in [5.41, 5.74) is 1.84. The lowest BCUT2D eigenvalue weighted by atomic mass is 10.1. The lowest BCUT2D eigenvalue weighted by molar-refractivity contribution is -0.135. The summed E-state index contributed by atoms with van der Waals surface area (Å²) >= 11 is 3.35. The highest BCUT2D eigenvalue weighted by atomic mass is 79.9. The van der Waals surface area contributed by atoms with Gasteiger partial charge in [-0.05, 0) is 38.0 Å². The number of carbonyl (C=O) groups is 1. The summed E-state index contributed by atoms with van der Waals surface area (Å²) in [6.07, 6.45) is 3.43. The van der Waals surface area contributed by atoms with Crippen LogP contribution in [0, 0.1) is 0 Å². The van der Waals surface area contributed by atoms with Crippen molar-refractivity contribution in [3.8, 4) is 0 Å². The van der Waals surface area contributed by atoms with Crippen LogP contribution in [0.15, 0.2) is 50.7 Å². The third kappa shape index (κ3) is 5.17. The van der Waals surface area contributed by atoms with Crippen LogP contribution in [-0.4, -0.2) is 30.9 Å². The van der Waals surface area contributed by atoms with Gasteiger partial charge in [-0.2, -0.15) is 0 Å². The topological polar surface area (TPSA) is 58.9 Å². The molecular formula is C15H20BrNO3. The number of methoxy groups -OCH3 is 1. The van der Waals surface area contributed by atoms with Gasteiger partial charge in [0.2, 0.25) is 0 Å². The highest BCUT2D eigenvalue weighted by Gasteiger charge is 2.19. The van der Waals surface area contributed by atoms with E-state index in [2.05, 4.69) is 32.2 Å². The number of halogens is 1. The van der Waals surface area contributed by atoms with E-state index in [1.165, 1.54) is 7.11 Å². The Morgan fingerprint density at radius 1 is 1.30 bits per heavy atom. The molecule has 5 heteroatoms. The molecule has 0 saturated carbocycles. The third-order valence-corrected chi connectivity index (χ3v) is 3.53. The lowest BCUT2D eigenvalue weighted by Gasteiger charge is -2.09. The van der Waals surface area contributed by atoms with Crippen LogP contribution in [0.2, 0.25) is 0 Å². The molecule has 0 atom stereocenters. The van der Waals surface area contributed by atoms with Crippen molar-refractivity contribution in [2.75, 3.05) is 14.2 Å². The molecule has 0 aliphatic carbocycles. The second-order valence-corrected chi connectivity index (χ2v) is 5.02. The van der Waals surface area contributed by atoms with Gasteiger partial charge in [-0.25, -0.2) is 4.79 Å². The molecule has 20 heavy (non-hydrogen) atoms. The first-order valence-electron chi connectivity index (χ1n) is 5.91. The Hall–Kier alpha value is -1.62. The number of ether oxygens (including phenoxy) is 1. The molecule has 0 amide bonds. The summed E-state index contributed by atoms with van der Waals surface area (Å²) in [4.78, 5) is 15.6. The standard InChI is InChI=1S/C15H20BrNO3/c1-9(2)12(16)8-7-10(3)14(18)13(11(4)17-5)15(19)20-6/h7-8,18H,1H2,2-6H3/b10-7+,12-8+,14-13?,17-11?. The van der Waals surface area contributed by atoms with Gasteiger partial charge in [0.1, 0.15) is 11.3 Å². The van der Waals surface area contributed by atoms with Crippen molar-refractivity contribution in [3.05, 3.63) is 45.7 Å². The predicted molar refractivity (Wildman–Crippen MR) is 86.3 cm³/mol. The van der Waals surface area contributed by atoms with Gasteiger partial charge in [-0.3, -0.25) is 4.99 Å². The molecule has 0 aromatic rings. The minimum Gasteiger partial charge on any atom is -0.507 e. The van der Waals surface area contributed by atoms with E-state index in [0.29, 0.717) is 11.3 Å². The van der Waals surface area contributed by atoms with Gasteiger partial charge in [-0.1, -0.05) is 28.6 Å². The Kier molecular flexibility index (Phi) is 7.84. The van der Waals surface area contributed by atoms with Gasteiger partial charge in [0, 0.05) is 17.2 Å². The van der Waals surface area contributed by atoms with E-state index in [0.717, 1.165) is 10.1 Å². The zero-order chi connectivity index (χ0) is 15.9. The fourth-order valence-electron chi connectivity index (χ4n) is 1.25. The molecule has 0 bridgehead atoms. The lowest BCUT2D eigenvalue weighted by Crippen LogP contribution is -2.15. The number of esters is 1. The molecule has 110 valence electrons. The predicted octanol–water partition coefficient (Wildman–Crippen LogP) is 3.86. The second kappa shape index (κ2) is 8.53. The highest BCUT2D eigenvalue weighted by molar-refractivity contribution is 9.12. The number of aliphatic hydroxyl groups is 1. The molecule has 1 N–H and O–H groups in total. The molecule has 0 aromatic carbocycles. The van der Waals surface area contributed by atoms with Crippen molar-refractivity contribution in [1.82, 2.24) is 0 Å². The van der Waals surface area contributed by atoms with Gasteiger partial charge in [0.05, 0.1) is 7.11 Å². The first kappa shape index (κ1) is 18.4. The largest absolute Gasteiger partial charge is 0.507 e. The van der Waals surface area contributed by atoms with E-state index in [1.54, 1.807) is 33.0 Å². The summed E-state index contributed by atoms with van der Waals surface area (Å²) in [7, 11) is 2.80. The number of rotatable bonds is 5. The summed E-state index contributed by atoms with van der Waals surface area (Å²) in [6, 6.07) is 0. The molecule has 4 nitrogen and oxygen atoms in total. The van der Waals surface area contributed by atoms with Crippen LogP contribution < -0.4 is 0 Å². The van der Waals surface area contributed by atoms with Crippen LogP contribution in [0.3, 0.4) is 0 Å². The first-order chi connectivity index (χ1) is 9.26. The Morgan fingerprint density at radius 3 is 2.25 bits per heavy atom. The smallest absolute Gasteiger partial charge is 0.343 e. The molecular weight excluding hydrogens is 322 g/mol. The SMILES string of the molecule is C=C(C)/C(Br)=C\C=C(/C)C(O)=C(C(=O)OC)C(C)=NC. The minimum absolute atomic E-state index is 0.0589. The van der Waals surface area contributed by atoms with E-state index in [9.17, 15) is 9.90 Å². The van der Waals surface area contributed by atoms with Gasteiger partial charge >= 0.3 is 5.97 Å². The van der Waals surface area contributed by atoms with Crippen molar-refractivity contribution in [1.29, 1.82) is 0 Å². The van der Waals surface area contributed by atoms with Crippen molar-refractivity contribution < 1.29 is 14.6 Å². The number of aliphatic imine (C=N–C) groups is 1. The fraction of sp³-hybridized carbons (Fsp3) is 0.333. The summed E-state index contributed by atoms with van der Waals surface area (Å²) < 4.78 is 5.48. The van der Waals surface area contributed by atoms with Crippen LogP contribution in [0.25, 0.3) is 0 Å².